The number of aromatic carboxylic acids is 1. The van der Waals surface area contributed by atoms with Crippen LogP contribution in [0.15, 0.2) is 21.5 Å². The van der Waals surface area contributed by atoms with Crippen molar-refractivity contribution in [3.05, 3.63) is 27.7 Å². The van der Waals surface area contributed by atoms with Gasteiger partial charge in [0.25, 0.3) is 0 Å². The Morgan fingerprint density at radius 2 is 1.76 bits per heavy atom. The number of carboxylic acids is 1. The molecule has 1 aromatic carbocycles. The van der Waals surface area contributed by atoms with E-state index in [1.807, 2.05) is 0 Å². The Balaban J connectivity index is 2.50. The summed E-state index contributed by atoms with van der Waals surface area (Å²) in [6.45, 7) is 1.71. The van der Waals surface area contributed by atoms with Crippen LogP contribution in [0.25, 0.3) is 0 Å². The largest absolute Gasteiger partial charge is 0.478 e. The summed E-state index contributed by atoms with van der Waals surface area (Å²) in [6, 6.07) is 2.74. The molecule has 0 unspecified atom stereocenters. The van der Waals surface area contributed by atoms with Gasteiger partial charge in [-0.1, -0.05) is 41.6 Å². The molecule has 116 valence electrons. The lowest BCUT2D eigenvalue weighted by Gasteiger charge is -2.18. The van der Waals surface area contributed by atoms with Crippen LogP contribution in [0.1, 0.15) is 54.4 Å². The van der Waals surface area contributed by atoms with Crippen LogP contribution in [0.4, 0.5) is 0 Å². The van der Waals surface area contributed by atoms with Crippen LogP contribution in [-0.2, 0) is 9.84 Å². The average molecular weight is 375 g/mol. The number of hydrogen-bond donors (Lipinski definition) is 1. The van der Waals surface area contributed by atoms with Gasteiger partial charge in [0.15, 0.2) is 9.84 Å². The normalized spacial score (nSPS) is 17.4. The van der Waals surface area contributed by atoms with Crippen molar-refractivity contribution in [2.45, 2.75) is 55.6 Å². The minimum atomic E-state index is -3.49. The number of sulfone groups is 1. The van der Waals surface area contributed by atoms with Crippen molar-refractivity contribution in [3.8, 4) is 0 Å². The van der Waals surface area contributed by atoms with Crippen molar-refractivity contribution in [2.24, 2.45) is 0 Å². The van der Waals surface area contributed by atoms with E-state index in [1.165, 1.54) is 12.1 Å². The van der Waals surface area contributed by atoms with Crippen molar-refractivity contribution in [2.75, 3.05) is 0 Å². The van der Waals surface area contributed by atoms with Crippen LogP contribution in [0, 0.1) is 6.92 Å². The average Bonchev–Trinajstić information content (AvgIpc) is 2.70. The first-order valence-corrected chi connectivity index (χ1v) is 9.45. The number of rotatable bonds is 3. The van der Waals surface area contributed by atoms with E-state index < -0.39 is 21.1 Å². The van der Waals surface area contributed by atoms with Gasteiger partial charge in [0.05, 0.1) is 15.7 Å². The van der Waals surface area contributed by atoms with Gasteiger partial charge in [-0.3, -0.25) is 0 Å². The first-order chi connectivity index (χ1) is 9.84. The van der Waals surface area contributed by atoms with E-state index in [9.17, 15) is 13.2 Å². The summed E-state index contributed by atoms with van der Waals surface area (Å²) in [5, 5.41) is 8.74. The Labute approximate surface area is 133 Å². The topological polar surface area (TPSA) is 71.4 Å². The molecule has 1 aromatic rings. The lowest BCUT2D eigenvalue weighted by Crippen LogP contribution is -2.22. The third-order valence-corrected chi connectivity index (χ3v) is 7.30. The summed E-state index contributed by atoms with van der Waals surface area (Å²) in [4.78, 5) is 11.3. The van der Waals surface area contributed by atoms with Crippen molar-refractivity contribution in [1.29, 1.82) is 0 Å². The molecule has 2 rings (SSSR count). The fraction of sp³-hybridized carbons (Fsp3) is 0.533. The fourth-order valence-electron chi connectivity index (χ4n) is 2.80. The van der Waals surface area contributed by atoms with Gasteiger partial charge in [0.2, 0.25) is 0 Å². The van der Waals surface area contributed by atoms with Gasteiger partial charge in [-0.2, -0.15) is 0 Å². The molecule has 0 spiro atoms. The Hall–Kier alpha value is -0.880. The molecule has 1 fully saturated rings. The maximum absolute atomic E-state index is 12.9. The van der Waals surface area contributed by atoms with E-state index >= 15 is 0 Å². The third-order valence-electron chi connectivity index (χ3n) is 4.09. The summed E-state index contributed by atoms with van der Waals surface area (Å²) >= 11 is 3.27. The Morgan fingerprint density at radius 1 is 1.19 bits per heavy atom. The van der Waals surface area contributed by atoms with Crippen molar-refractivity contribution < 1.29 is 18.3 Å². The predicted octanol–water partition coefficient (Wildman–Crippen LogP) is 3.95. The highest BCUT2D eigenvalue weighted by atomic mass is 79.9. The van der Waals surface area contributed by atoms with Crippen LogP contribution in [0.5, 0.6) is 0 Å². The zero-order valence-electron chi connectivity index (χ0n) is 11.9. The van der Waals surface area contributed by atoms with E-state index in [-0.39, 0.29) is 10.5 Å². The number of carboxylic acid groups (broad SMARTS) is 1. The molecule has 0 heterocycles. The second-order valence-corrected chi connectivity index (χ2v) is 8.60. The highest BCUT2D eigenvalue weighted by molar-refractivity contribution is 9.10. The van der Waals surface area contributed by atoms with Crippen LogP contribution in [-0.4, -0.2) is 24.7 Å². The molecule has 0 aromatic heterocycles. The minimum Gasteiger partial charge on any atom is -0.478 e. The summed E-state index contributed by atoms with van der Waals surface area (Å²) < 4.78 is 26.3. The molecule has 0 atom stereocenters. The highest BCUT2D eigenvalue weighted by Crippen LogP contribution is 2.32. The number of benzene rings is 1. The first kappa shape index (κ1) is 16.5. The van der Waals surface area contributed by atoms with Crippen LogP contribution in [0.3, 0.4) is 0 Å². The molecule has 0 aliphatic heterocycles. The first-order valence-electron chi connectivity index (χ1n) is 7.11. The molecule has 21 heavy (non-hydrogen) atoms. The third kappa shape index (κ3) is 3.48. The molecule has 1 aliphatic rings. The lowest BCUT2D eigenvalue weighted by molar-refractivity contribution is 0.0696. The molecule has 6 heteroatoms. The molecule has 4 nitrogen and oxygen atoms in total. The van der Waals surface area contributed by atoms with Gasteiger partial charge >= 0.3 is 5.97 Å². The minimum absolute atomic E-state index is 0.000304. The summed E-state index contributed by atoms with van der Waals surface area (Å²) in [6.07, 6.45) is 5.31. The predicted molar refractivity (Wildman–Crippen MR) is 84.5 cm³/mol. The number of carbonyl (C=O) groups is 1. The molecule has 1 saturated carbocycles. The van der Waals surface area contributed by atoms with Gasteiger partial charge in [0.1, 0.15) is 0 Å². The van der Waals surface area contributed by atoms with Gasteiger partial charge in [-0.05, 0) is 37.5 Å². The van der Waals surface area contributed by atoms with Gasteiger partial charge in [-0.15, -0.1) is 0 Å². The Kier molecular flexibility index (Phi) is 5.09. The fourth-order valence-corrected chi connectivity index (χ4v) is 5.54. The molecule has 0 amide bonds. The molecule has 1 aliphatic carbocycles. The van der Waals surface area contributed by atoms with Gasteiger partial charge in [-0.25, -0.2) is 13.2 Å². The second kappa shape index (κ2) is 6.48. The second-order valence-electron chi connectivity index (χ2n) is 5.54. The van der Waals surface area contributed by atoms with E-state index in [4.69, 9.17) is 5.11 Å². The number of halogens is 1. The molecule has 0 saturated heterocycles. The Bertz CT molecular complexity index is 644. The van der Waals surface area contributed by atoms with E-state index in [1.54, 1.807) is 6.92 Å². The summed E-state index contributed by atoms with van der Waals surface area (Å²) in [5.74, 6) is -1.12. The SMILES string of the molecule is Cc1c(Br)cc(C(=O)O)cc1S(=O)(=O)C1CCCCCC1. The van der Waals surface area contributed by atoms with Crippen molar-refractivity contribution in [3.63, 3.8) is 0 Å². The zero-order valence-corrected chi connectivity index (χ0v) is 14.3. The monoisotopic (exact) mass is 374 g/mol. The van der Waals surface area contributed by atoms with E-state index in [0.717, 1.165) is 25.7 Å². The lowest BCUT2D eigenvalue weighted by atomic mass is 10.1. The smallest absolute Gasteiger partial charge is 0.335 e. The molecular formula is C15H19BrO4S. The van der Waals surface area contributed by atoms with E-state index in [2.05, 4.69) is 15.9 Å². The maximum Gasteiger partial charge on any atom is 0.335 e. The summed E-state index contributed by atoms with van der Waals surface area (Å²) in [5.41, 5.74) is 0.587. The Morgan fingerprint density at radius 3 is 2.29 bits per heavy atom. The standard InChI is InChI=1S/C15H19BrO4S/c1-10-13(16)8-11(15(17)18)9-14(10)21(19,20)12-6-4-2-3-5-7-12/h8-9,12H,2-7H2,1H3,(H,17,18). The maximum atomic E-state index is 12.9. The van der Waals surface area contributed by atoms with Gasteiger partial charge < -0.3 is 5.11 Å². The molecular weight excluding hydrogens is 356 g/mol. The van der Waals surface area contributed by atoms with E-state index in [0.29, 0.717) is 22.9 Å². The summed E-state index contributed by atoms with van der Waals surface area (Å²) in [7, 11) is -3.49. The highest BCUT2D eigenvalue weighted by Gasteiger charge is 2.30. The number of hydrogen-bond acceptors (Lipinski definition) is 3. The zero-order chi connectivity index (χ0) is 15.6. The van der Waals surface area contributed by atoms with Crippen LogP contribution in [0.2, 0.25) is 0 Å². The quantitative estimate of drug-likeness (QED) is 0.812. The van der Waals surface area contributed by atoms with Crippen molar-refractivity contribution >= 4 is 31.7 Å². The van der Waals surface area contributed by atoms with Gasteiger partial charge in [0, 0.05) is 4.47 Å². The molecule has 1 N–H and O–H groups in total. The molecule has 0 radical (unpaired) electrons. The molecule has 0 bridgehead atoms. The van der Waals surface area contributed by atoms with Crippen molar-refractivity contribution in [1.82, 2.24) is 0 Å². The van der Waals surface area contributed by atoms with Crippen LogP contribution < -0.4 is 0 Å². The van der Waals surface area contributed by atoms with Crippen LogP contribution >= 0.6 is 15.9 Å².